The van der Waals surface area contributed by atoms with Gasteiger partial charge in [0.1, 0.15) is 5.76 Å². The Kier molecular flexibility index (Phi) is 4.78. The fraction of sp³-hybridized carbons (Fsp3) is 0.750. The van der Waals surface area contributed by atoms with Crippen LogP contribution in [0.15, 0.2) is 4.52 Å². The molecule has 0 radical (unpaired) electrons. The maximum atomic E-state index is 12.3. The summed E-state index contributed by atoms with van der Waals surface area (Å²) >= 11 is 0. The number of ether oxygens (including phenoxy) is 1. The molecule has 3 heterocycles. The highest BCUT2D eigenvalue weighted by Crippen LogP contribution is 2.19. The summed E-state index contributed by atoms with van der Waals surface area (Å²) < 4.78 is 10.7. The Balaban J connectivity index is 1.58. The van der Waals surface area contributed by atoms with Gasteiger partial charge in [-0.1, -0.05) is 11.6 Å². The van der Waals surface area contributed by atoms with Crippen molar-refractivity contribution in [3.8, 4) is 0 Å². The van der Waals surface area contributed by atoms with Crippen molar-refractivity contribution in [2.75, 3.05) is 26.3 Å². The largest absolute Gasteiger partial charge is 0.378 e. The first-order valence-corrected chi connectivity index (χ1v) is 8.18. The third kappa shape index (κ3) is 3.33. The molecule has 1 N–H and O–H groups in total. The summed E-state index contributed by atoms with van der Waals surface area (Å²) in [4.78, 5) is 14.8. The summed E-state index contributed by atoms with van der Waals surface area (Å²) in [5, 5.41) is 7.05. The number of aromatic nitrogens is 1. The summed E-state index contributed by atoms with van der Waals surface area (Å²) in [6, 6.07) is 0.403. The van der Waals surface area contributed by atoms with Crippen LogP contribution >= 0.6 is 0 Å². The summed E-state index contributed by atoms with van der Waals surface area (Å²) in [6.07, 6.45) is 4.13. The van der Waals surface area contributed by atoms with E-state index in [2.05, 4.69) is 15.4 Å². The van der Waals surface area contributed by atoms with Crippen LogP contribution in [0.25, 0.3) is 0 Å². The van der Waals surface area contributed by atoms with Crippen molar-refractivity contribution in [1.82, 2.24) is 15.4 Å². The first-order valence-electron chi connectivity index (χ1n) is 8.18. The number of likely N-dealkylation sites (tertiary alicyclic amines) is 1. The number of amides is 1. The van der Waals surface area contributed by atoms with Crippen molar-refractivity contribution in [3.05, 3.63) is 17.0 Å². The van der Waals surface area contributed by atoms with E-state index in [1.54, 1.807) is 0 Å². The Bertz CT molecular complexity index is 503. The van der Waals surface area contributed by atoms with Crippen LogP contribution in [0.2, 0.25) is 0 Å². The predicted octanol–water partition coefficient (Wildman–Crippen LogP) is 1.20. The monoisotopic (exact) mass is 307 g/mol. The SMILES string of the molecule is Cc1noc(C)c1CC(=O)N[C@H]1COC[C@@H]1N1CCCCC1. The van der Waals surface area contributed by atoms with Crippen LogP contribution < -0.4 is 5.32 Å². The molecule has 6 nitrogen and oxygen atoms in total. The zero-order valence-corrected chi connectivity index (χ0v) is 13.4. The van der Waals surface area contributed by atoms with E-state index in [1.165, 1.54) is 19.3 Å². The Hall–Kier alpha value is -1.40. The molecule has 2 aliphatic heterocycles. The van der Waals surface area contributed by atoms with Crippen LogP contribution in [0.4, 0.5) is 0 Å². The smallest absolute Gasteiger partial charge is 0.224 e. The lowest BCUT2D eigenvalue weighted by Gasteiger charge is -2.34. The molecule has 0 saturated carbocycles. The van der Waals surface area contributed by atoms with Gasteiger partial charge in [0.15, 0.2) is 0 Å². The van der Waals surface area contributed by atoms with Gasteiger partial charge in [-0.25, -0.2) is 0 Å². The molecule has 1 amide bonds. The molecule has 22 heavy (non-hydrogen) atoms. The van der Waals surface area contributed by atoms with Crippen LogP contribution in [0.1, 0.15) is 36.3 Å². The fourth-order valence-electron chi connectivity index (χ4n) is 3.46. The minimum atomic E-state index is 0.0203. The number of hydrogen-bond acceptors (Lipinski definition) is 5. The number of nitrogens with zero attached hydrogens (tertiary/aromatic N) is 2. The molecule has 6 heteroatoms. The maximum Gasteiger partial charge on any atom is 0.224 e. The molecular weight excluding hydrogens is 282 g/mol. The van der Waals surface area contributed by atoms with Crippen molar-refractivity contribution >= 4 is 5.91 Å². The lowest BCUT2D eigenvalue weighted by atomic mass is 10.0. The normalized spacial score (nSPS) is 26.3. The Morgan fingerprint density at radius 3 is 2.73 bits per heavy atom. The molecule has 1 aromatic heterocycles. The van der Waals surface area contributed by atoms with Gasteiger partial charge in [-0.05, 0) is 39.8 Å². The van der Waals surface area contributed by atoms with Crippen LogP contribution in [0, 0.1) is 13.8 Å². The van der Waals surface area contributed by atoms with Crippen LogP contribution in [-0.4, -0.2) is 54.4 Å². The Morgan fingerprint density at radius 1 is 1.27 bits per heavy atom. The minimum absolute atomic E-state index is 0.0203. The minimum Gasteiger partial charge on any atom is -0.378 e. The van der Waals surface area contributed by atoms with Crippen molar-refractivity contribution < 1.29 is 14.1 Å². The zero-order chi connectivity index (χ0) is 15.5. The molecule has 0 aliphatic carbocycles. The second-order valence-electron chi connectivity index (χ2n) is 6.35. The predicted molar refractivity (Wildman–Crippen MR) is 81.6 cm³/mol. The molecule has 2 saturated heterocycles. The maximum absolute atomic E-state index is 12.3. The van der Waals surface area contributed by atoms with Crippen LogP contribution in [0.5, 0.6) is 0 Å². The lowest BCUT2D eigenvalue weighted by molar-refractivity contribution is -0.121. The van der Waals surface area contributed by atoms with E-state index < -0.39 is 0 Å². The average molecular weight is 307 g/mol. The second kappa shape index (κ2) is 6.79. The van der Waals surface area contributed by atoms with Gasteiger partial charge in [-0.15, -0.1) is 0 Å². The van der Waals surface area contributed by atoms with Crippen molar-refractivity contribution in [2.45, 2.75) is 51.6 Å². The van der Waals surface area contributed by atoms with Crippen molar-refractivity contribution in [2.24, 2.45) is 0 Å². The highest BCUT2D eigenvalue weighted by molar-refractivity contribution is 5.79. The molecule has 122 valence electrons. The van der Waals surface area contributed by atoms with E-state index in [-0.39, 0.29) is 11.9 Å². The van der Waals surface area contributed by atoms with Gasteiger partial charge in [0, 0.05) is 5.56 Å². The number of nitrogens with one attached hydrogen (secondary N) is 1. The average Bonchev–Trinajstić information content (AvgIpc) is 3.10. The van der Waals surface area contributed by atoms with E-state index in [9.17, 15) is 4.79 Å². The quantitative estimate of drug-likeness (QED) is 0.905. The second-order valence-corrected chi connectivity index (χ2v) is 6.35. The van der Waals surface area contributed by atoms with E-state index in [0.717, 1.165) is 36.7 Å². The van der Waals surface area contributed by atoms with Gasteiger partial charge in [0.2, 0.25) is 5.91 Å². The summed E-state index contributed by atoms with van der Waals surface area (Å²) in [7, 11) is 0. The van der Waals surface area contributed by atoms with Crippen LogP contribution in [-0.2, 0) is 16.0 Å². The molecule has 0 aromatic carbocycles. The van der Waals surface area contributed by atoms with Gasteiger partial charge in [-0.3, -0.25) is 9.69 Å². The molecule has 0 unspecified atom stereocenters. The van der Waals surface area contributed by atoms with E-state index in [1.807, 2.05) is 13.8 Å². The molecule has 0 bridgehead atoms. The Labute approximate surface area is 131 Å². The van der Waals surface area contributed by atoms with Crippen molar-refractivity contribution in [1.29, 1.82) is 0 Å². The third-order valence-corrected chi connectivity index (χ3v) is 4.78. The molecule has 0 spiro atoms. The summed E-state index contributed by atoms with van der Waals surface area (Å²) in [6.45, 7) is 7.27. The van der Waals surface area contributed by atoms with E-state index in [0.29, 0.717) is 19.1 Å². The number of carbonyl (C=O) groups excluding carboxylic acids is 1. The van der Waals surface area contributed by atoms with Crippen molar-refractivity contribution in [3.63, 3.8) is 0 Å². The summed E-state index contributed by atoms with van der Waals surface area (Å²) in [5.74, 6) is 0.745. The van der Waals surface area contributed by atoms with Gasteiger partial charge in [-0.2, -0.15) is 0 Å². The first kappa shape index (κ1) is 15.5. The molecule has 2 atom stereocenters. The topological polar surface area (TPSA) is 67.6 Å². The number of rotatable bonds is 4. The third-order valence-electron chi connectivity index (χ3n) is 4.78. The number of piperidine rings is 1. The number of carbonyl (C=O) groups is 1. The molecule has 3 rings (SSSR count). The number of aryl methyl sites for hydroxylation is 2. The summed E-state index contributed by atoms with van der Waals surface area (Å²) in [5.41, 5.74) is 1.69. The molecule has 1 aromatic rings. The Morgan fingerprint density at radius 2 is 2.05 bits per heavy atom. The van der Waals surface area contributed by atoms with E-state index in [4.69, 9.17) is 9.26 Å². The van der Waals surface area contributed by atoms with Crippen LogP contribution in [0.3, 0.4) is 0 Å². The highest BCUT2D eigenvalue weighted by atomic mass is 16.5. The fourth-order valence-corrected chi connectivity index (χ4v) is 3.46. The lowest BCUT2D eigenvalue weighted by Crippen LogP contribution is -2.52. The molecular formula is C16H25N3O3. The van der Waals surface area contributed by atoms with Gasteiger partial charge >= 0.3 is 0 Å². The van der Waals surface area contributed by atoms with Gasteiger partial charge in [0.25, 0.3) is 0 Å². The molecule has 2 fully saturated rings. The highest BCUT2D eigenvalue weighted by Gasteiger charge is 2.34. The van der Waals surface area contributed by atoms with Gasteiger partial charge in [0.05, 0.1) is 37.4 Å². The standard InChI is InChI=1S/C16H25N3O3/c1-11-13(12(2)22-18-11)8-16(20)17-14-9-21-10-15(14)19-6-4-3-5-7-19/h14-15H,3-10H2,1-2H3,(H,17,20)/t14-,15-/m0/s1. The zero-order valence-electron chi connectivity index (χ0n) is 13.4. The number of hydrogen-bond donors (Lipinski definition) is 1. The molecule has 2 aliphatic rings. The first-order chi connectivity index (χ1) is 10.6. The van der Waals surface area contributed by atoms with Gasteiger partial charge < -0.3 is 14.6 Å². The van der Waals surface area contributed by atoms with E-state index >= 15 is 0 Å².